The van der Waals surface area contributed by atoms with Crippen LogP contribution in [0, 0.1) is 5.41 Å². The normalized spacial score (nSPS) is 34.3. The summed E-state index contributed by atoms with van der Waals surface area (Å²) in [5.41, 5.74) is 0.221. The summed E-state index contributed by atoms with van der Waals surface area (Å²) in [4.78, 5) is 11.4. The van der Waals surface area contributed by atoms with E-state index in [1.807, 2.05) is 0 Å². The fourth-order valence-electron chi connectivity index (χ4n) is 2.48. The number of carbonyl (C=O) groups excluding carboxylic acids is 1. The van der Waals surface area contributed by atoms with E-state index < -0.39 is 0 Å². The van der Waals surface area contributed by atoms with Crippen molar-refractivity contribution in [2.45, 2.75) is 38.5 Å². The van der Waals surface area contributed by atoms with Crippen LogP contribution in [-0.4, -0.2) is 12.5 Å². The molecule has 1 aliphatic carbocycles. The monoisotopic (exact) mass is 179 g/mol. The highest BCUT2D eigenvalue weighted by Gasteiger charge is 2.32. The molecule has 1 unspecified atom stereocenters. The van der Waals surface area contributed by atoms with Gasteiger partial charge in [0.05, 0.1) is 0 Å². The molecular weight excluding hydrogens is 162 g/mol. The molecule has 0 radical (unpaired) electrons. The zero-order valence-electron chi connectivity index (χ0n) is 8.01. The van der Waals surface area contributed by atoms with Gasteiger partial charge in [-0.1, -0.05) is 12.2 Å². The lowest BCUT2D eigenvalue weighted by atomic mass is 9.73. The van der Waals surface area contributed by atoms with Crippen molar-refractivity contribution in [3.8, 4) is 0 Å². The van der Waals surface area contributed by atoms with Crippen LogP contribution >= 0.6 is 0 Å². The highest BCUT2D eigenvalue weighted by atomic mass is 16.1. The van der Waals surface area contributed by atoms with E-state index in [1.165, 1.54) is 25.7 Å². The molecule has 1 fully saturated rings. The van der Waals surface area contributed by atoms with Crippen LogP contribution in [0.25, 0.3) is 0 Å². The van der Waals surface area contributed by atoms with E-state index >= 15 is 0 Å². The number of amides is 1. The number of rotatable bonds is 0. The maximum Gasteiger partial charge on any atom is 0.220 e. The second kappa shape index (κ2) is 3.52. The van der Waals surface area contributed by atoms with E-state index in [2.05, 4.69) is 17.5 Å². The number of nitrogens with one attached hydrogen (secondary N) is 1. The van der Waals surface area contributed by atoms with E-state index in [0.717, 1.165) is 13.0 Å². The van der Waals surface area contributed by atoms with Crippen LogP contribution in [-0.2, 0) is 4.79 Å². The molecule has 72 valence electrons. The Balaban J connectivity index is 2.13. The third-order valence-corrected chi connectivity index (χ3v) is 3.20. The predicted octanol–water partition coefficient (Wildman–Crippen LogP) is 2.01. The number of hydrogen-bond acceptors (Lipinski definition) is 1. The van der Waals surface area contributed by atoms with Crippen molar-refractivity contribution in [1.29, 1.82) is 0 Å². The quantitative estimate of drug-likeness (QED) is 0.566. The lowest BCUT2D eigenvalue weighted by Crippen LogP contribution is -2.27. The Morgan fingerprint density at radius 2 is 2.15 bits per heavy atom. The summed E-state index contributed by atoms with van der Waals surface area (Å²) < 4.78 is 0. The largest absolute Gasteiger partial charge is 0.356 e. The van der Waals surface area contributed by atoms with Crippen molar-refractivity contribution >= 4 is 5.91 Å². The minimum absolute atomic E-state index is 0.221. The molecule has 1 atom stereocenters. The molecule has 1 spiro atoms. The van der Waals surface area contributed by atoms with Gasteiger partial charge in [-0.3, -0.25) is 4.79 Å². The van der Waals surface area contributed by atoms with E-state index in [4.69, 9.17) is 0 Å². The molecule has 1 amide bonds. The van der Waals surface area contributed by atoms with Gasteiger partial charge in [0.15, 0.2) is 0 Å². The SMILES string of the molecule is O=C1CC2(C=CCCC2)CCCN1. The molecule has 0 saturated carbocycles. The molecule has 2 rings (SSSR count). The van der Waals surface area contributed by atoms with E-state index in [0.29, 0.717) is 6.42 Å². The van der Waals surface area contributed by atoms with Crippen molar-refractivity contribution in [2.24, 2.45) is 5.41 Å². The summed E-state index contributed by atoms with van der Waals surface area (Å²) in [6, 6.07) is 0. The third-order valence-electron chi connectivity index (χ3n) is 3.20. The molecule has 0 aromatic heterocycles. The summed E-state index contributed by atoms with van der Waals surface area (Å²) >= 11 is 0. The molecule has 1 N–H and O–H groups in total. The zero-order valence-corrected chi connectivity index (χ0v) is 8.01. The summed E-state index contributed by atoms with van der Waals surface area (Å²) in [6.45, 7) is 0.869. The molecule has 1 aliphatic heterocycles. The first-order valence-corrected chi connectivity index (χ1v) is 5.25. The summed E-state index contributed by atoms with van der Waals surface area (Å²) in [7, 11) is 0. The van der Waals surface area contributed by atoms with Crippen molar-refractivity contribution in [3.63, 3.8) is 0 Å². The molecule has 0 aromatic carbocycles. The van der Waals surface area contributed by atoms with Gasteiger partial charge >= 0.3 is 0 Å². The van der Waals surface area contributed by atoms with Crippen LogP contribution in [0.5, 0.6) is 0 Å². The maximum absolute atomic E-state index is 11.4. The summed E-state index contributed by atoms with van der Waals surface area (Å²) in [6.07, 6.45) is 11.2. The minimum atomic E-state index is 0.221. The Morgan fingerprint density at radius 1 is 1.31 bits per heavy atom. The fourth-order valence-corrected chi connectivity index (χ4v) is 2.48. The molecule has 0 bridgehead atoms. The van der Waals surface area contributed by atoms with Crippen LogP contribution in [0.1, 0.15) is 38.5 Å². The lowest BCUT2D eigenvalue weighted by molar-refractivity contribution is -0.122. The Bertz CT molecular complexity index is 234. The first-order valence-electron chi connectivity index (χ1n) is 5.25. The van der Waals surface area contributed by atoms with Crippen LogP contribution in [0.3, 0.4) is 0 Å². The van der Waals surface area contributed by atoms with Crippen molar-refractivity contribution in [3.05, 3.63) is 12.2 Å². The highest BCUT2D eigenvalue weighted by Crippen LogP contribution is 2.39. The fraction of sp³-hybridized carbons (Fsp3) is 0.727. The van der Waals surface area contributed by atoms with Gasteiger partial charge in [0.1, 0.15) is 0 Å². The first-order chi connectivity index (χ1) is 6.31. The third kappa shape index (κ3) is 1.93. The van der Waals surface area contributed by atoms with Crippen molar-refractivity contribution in [1.82, 2.24) is 5.32 Å². The summed E-state index contributed by atoms with van der Waals surface area (Å²) in [5, 5.41) is 2.94. The standard InChI is InChI=1S/C11H17NO/c13-10-9-11(7-4-8-12-10)5-2-1-3-6-11/h2,5H,1,3-4,6-9H2,(H,12,13). The molecule has 13 heavy (non-hydrogen) atoms. The van der Waals surface area contributed by atoms with Gasteiger partial charge in [-0.05, 0) is 37.5 Å². The average Bonchev–Trinajstić information content (AvgIpc) is 2.29. The van der Waals surface area contributed by atoms with Gasteiger partial charge in [0, 0.05) is 13.0 Å². The Labute approximate surface area is 79.4 Å². The second-order valence-electron chi connectivity index (χ2n) is 4.29. The Kier molecular flexibility index (Phi) is 2.38. The number of hydrogen-bond donors (Lipinski definition) is 1. The summed E-state index contributed by atoms with van der Waals surface area (Å²) in [5.74, 6) is 0.240. The number of allylic oxidation sites excluding steroid dienone is 2. The maximum atomic E-state index is 11.4. The molecule has 2 nitrogen and oxygen atoms in total. The van der Waals surface area contributed by atoms with E-state index in [9.17, 15) is 4.79 Å². The van der Waals surface area contributed by atoms with E-state index in [1.54, 1.807) is 0 Å². The van der Waals surface area contributed by atoms with Gasteiger partial charge in [-0.15, -0.1) is 0 Å². The van der Waals surface area contributed by atoms with Crippen LogP contribution in [0.15, 0.2) is 12.2 Å². The Hall–Kier alpha value is -0.790. The van der Waals surface area contributed by atoms with Gasteiger partial charge < -0.3 is 5.32 Å². The van der Waals surface area contributed by atoms with Crippen LogP contribution in [0.4, 0.5) is 0 Å². The van der Waals surface area contributed by atoms with Crippen LogP contribution in [0.2, 0.25) is 0 Å². The molecule has 0 aromatic rings. The van der Waals surface area contributed by atoms with Gasteiger partial charge in [-0.25, -0.2) is 0 Å². The number of carbonyl (C=O) groups is 1. The smallest absolute Gasteiger partial charge is 0.220 e. The van der Waals surface area contributed by atoms with Gasteiger partial charge in [-0.2, -0.15) is 0 Å². The topological polar surface area (TPSA) is 29.1 Å². The lowest BCUT2D eigenvalue weighted by Gasteiger charge is -2.30. The molecule has 2 aliphatic rings. The minimum Gasteiger partial charge on any atom is -0.356 e. The first kappa shape index (κ1) is 8.79. The molecular formula is C11H17NO. The molecule has 1 heterocycles. The highest BCUT2D eigenvalue weighted by molar-refractivity contribution is 5.77. The van der Waals surface area contributed by atoms with Crippen molar-refractivity contribution in [2.75, 3.05) is 6.54 Å². The average molecular weight is 179 g/mol. The molecule has 1 saturated heterocycles. The zero-order chi connectivity index (χ0) is 9.15. The second-order valence-corrected chi connectivity index (χ2v) is 4.29. The van der Waals surface area contributed by atoms with Crippen molar-refractivity contribution < 1.29 is 4.79 Å². The van der Waals surface area contributed by atoms with Crippen LogP contribution < -0.4 is 5.32 Å². The predicted molar refractivity (Wildman–Crippen MR) is 52.3 cm³/mol. The Morgan fingerprint density at radius 3 is 2.92 bits per heavy atom. The van der Waals surface area contributed by atoms with Gasteiger partial charge in [0.25, 0.3) is 0 Å². The van der Waals surface area contributed by atoms with E-state index in [-0.39, 0.29) is 11.3 Å². The van der Waals surface area contributed by atoms with Gasteiger partial charge in [0.2, 0.25) is 5.91 Å². The molecule has 2 heteroatoms.